The molecule has 0 aliphatic carbocycles. The van der Waals surface area contributed by atoms with Crippen molar-refractivity contribution in [2.24, 2.45) is 0 Å². The molecule has 0 spiro atoms. The second kappa shape index (κ2) is 7.63. The highest BCUT2D eigenvalue weighted by molar-refractivity contribution is 5.85. The number of hydrogen-bond donors (Lipinski definition) is 0. The molecule has 2 saturated heterocycles. The molecule has 1 atom stereocenters. The highest BCUT2D eigenvalue weighted by atomic mass is 16.5. The molecule has 0 radical (unpaired) electrons. The molecule has 7 heteroatoms. The molecular weight excluding hydrogens is 308 g/mol. The Morgan fingerprint density at radius 2 is 2.08 bits per heavy atom. The van der Waals surface area contributed by atoms with Gasteiger partial charge >= 0.3 is 0 Å². The monoisotopic (exact) mass is 336 g/mol. The lowest BCUT2D eigenvalue weighted by molar-refractivity contribution is -0.171. The predicted molar refractivity (Wildman–Crippen MR) is 89.6 cm³/mol. The maximum Gasteiger partial charge on any atom is 0.256 e. The van der Waals surface area contributed by atoms with Gasteiger partial charge in [0.1, 0.15) is 0 Å². The minimum atomic E-state index is -0.769. The van der Waals surface area contributed by atoms with Crippen LogP contribution in [-0.4, -0.2) is 77.1 Å². The van der Waals surface area contributed by atoms with Gasteiger partial charge in [-0.15, -0.1) is 0 Å². The number of hydrogen-bond acceptors (Lipinski definition) is 5. The first kappa shape index (κ1) is 17.4. The Morgan fingerprint density at radius 3 is 2.83 bits per heavy atom. The molecule has 0 N–H and O–H groups in total. The molecule has 1 aromatic rings. The number of rotatable bonds is 5. The summed E-state index contributed by atoms with van der Waals surface area (Å²) >= 11 is 0. The minimum Gasteiger partial charge on any atom is -0.378 e. The van der Waals surface area contributed by atoms with Gasteiger partial charge in [0.05, 0.1) is 26.0 Å². The van der Waals surface area contributed by atoms with E-state index in [4.69, 9.17) is 9.47 Å². The van der Waals surface area contributed by atoms with E-state index in [2.05, 4.69) is 23.1 Å². The molecule has 3 heterocycles. The van der Waals surface area contributed by atoms with Gasteiger partial charge in [-0.3, -0.25) is 14.4 Å². The van der Waals surface area contributed by atoms with Crippen molar-refractivity contribution in [3.8, 4) is 0 Å². The van der Waals surface area contributed by atoms with E-state index in [0.717, 1.165) is 26.1 Å². The Hall–Kier alpha value is -1.44. The molecular formula is C17H28N4O3. The minimum absolute atomic E-state index is 0.0807. The number of nitrogens with zero attached hydrogens (tertiary/aromatic N) is 4. The van der Waals surface area contributed by atoms with Crippen LogP contribution in [0.3, 0.4) is 0 Å². The van der Waals surface area contributed by atoms with Crippen molar-refractivity contribution in [3.63, 3.8) is 0 Å². The van der Waals surface area contributed by atoms with Crippen molar-refractivity contribution in [2.45, 2.75) is 39.0 Å². The fourth-order valence-electron chi connectivity index (χ4n) is 3.41. The van der Waals surface area contributed by atoms with Crippen LogP contribution in [0.2, 0.25) is 0 Å². The Balaban J connectivity index is 1.60. The average Bonchev–Trinajstić information content (AvgIpc) is 3.02. The molecule has 2 aliphatic rings. The lowest BCUT2D eigenvalue weighted by atomic mass is 10.0. The molecule has 134 valence electrons. The maximum atomic E-state index is 12.9. The molecule has 0 aromatic carbocycles. The fraction of sp³-hybridized carbons (Fsp3) is 0.765. The van der Waals surface area contributed by atoms with Gasteiger partial charge in [0, 0.05) is 51.0 Å². The molecule has 2 aliphatic heterocycles. The van der Waals surface area contributed by atoms with Crippen molar-refractivity contribution in [1.29, 1.82) is 0 Å². The summed E-state index contributed by atoms with van der Waals surface area (Å²) in [5.74, 6) is 0.0807. The normalized spacial score (nSPS) is 25.8. The van der Waals surface area contributed by atoms with Gasteiger partial charge in [-0.2, -0.15) is 5.10 Å². The summed E-state index contributed by atoms with van der Waals surface area (Å²) in [6, 6.07) is 0. The third-order valence-electron chi connectivity index (χ3n) is 4.65. The number of carbonyl (C=O) groups is 1. The van der Waals surface area contributed by atoms with Crippen molar-refractivity contribution < 1.29 is 14.3 Å². The lowest BCUT2D eigenvalue weighted by Crippen LogP contribution is -2.60. The van der Waals surface area contributed by atoms with Crippen LogP contribution in [0.25, 0.3) is 0 Å². The summed E-state index contributed by atoms with van der Waals surface area (Å²) in [6.07, 6.45) is 5.09. The van der Waals surface area contributed by atoms with Gasteiger partial charge in [-0.1, -0.05) is 6.92 Å². The second-order valence-electron chi connectivity index (χ2n) is 6.81. The van der Waals surface area contributed by atoms with Gasteiger partial charge in [0.2, 0.25) is 0 Å². The summed E-state index contributed by atoms with van der Waals surface area (Å²) in [5, 5.41) is 4.39. The lowest BCUT2D eigenvalue weighted by Gasteiger charge is -2.42. The number of aryl methyl sites for hydroxylation is 1. The van der Waals surface area contributed by atoms with E-state index in [-0.39, 0.29) is 5.91 Å². The van der Waals surface area contributed by atoms with E-state index in [0.29, 0.717) is 39.5 Å². The zero-order chi connectivity index (χ0) is 17.0. The van der Waals surface area contributed by atoms with E-state index in [9.17, 15) is 4.79 Å². The van der Waals surface area contributed by atoms with E-state index >= 15 is 0 Å². The SMILES string of the molecule is CCCn1cc(CN2CCO[C@](C)(C(=O)N3CCOCC3)C2)cn1. The van der Waals surface area contributed by atoms with Gasteiger partial charge in [0.25, 0.3) is 5.91 Å². The van der Waals surface area contributed by atoms with Crippen LogP contribution in [0, 0.1) is 0 Å². The first-order valence-corrected chi connectivity index (χ1v) is 8.85. The van der Waals surface area contributed by atoms with E-state index in [1.54, 1.807) is 0 Å². The summed E-state index contributed by atoms with van der Waals surface area (Å²) in [4.78, 5) is 17.0. The van der Waals surface area contributed by atoms with Gasteiger partial charge < -0.3 is 14.4 Å². The number of carbonyl (C=O) groups excluding carboxylic acids is 1. The largest absolute Gasteiger partial charge is 0.378 e. The zero-order valence-electron chi connectivity index (χ0n) is 14.7. The van der Waals surface area contributed by atoms with Crippen LogP contribution in [0.5, 0.6) is 0 Å². The topological polar surface area (TPSA) is 59.8 Å². The van der Waals surface area contributed by atoms with Crippen LogP contribution < -0.4 is 0 Å². The van der Waals surface area contributed by atoms with E-state index in [1.807, 2.05) is 22.7 Å². The first-order chi connectivity index (χ1) is 11.6. The molecule has 24 heavy (non-hydrogen) atoms. The molecule has 1 aromatic heterocycles. The summed E-state index contributed by atoms with van der Waals surface area (Å²) in [7, 11) is 0. The number of amides is 1. The van der Waals surface area contributed by atoms with Crippen LogP contribution >= 0.6 is 0 Å². The fourth-order valence-corrected chi connectivity index (χ4v) is 3.41. The summed E-state index contributed by atoms with van der Waals surface area (Å²) < 4.78 is 13.2. The molecule has 1 amide bonds. The zero-order valence-corrected chi connectivity index (χ0v) is 14.7. The molecule has 2 fully saturated rings. The molecule has 0 bridgehead atoms. The van der Waals surface area contributed by atoms with E-state index in [1.165, 1.54) is 5.56 Å². The Labute approximate surface area is 143 Å². The van der Waals surface area contributed by atoms with Crippen molar-refractivity contribution >= 4 is 5.91 Å². The highest BCUT2D eigenvalue weighted by Crippen LogP contribution is 2.22. The average molecular weight is 336 g/mol. The summed E-state index contributed by atoms with van der Waals surface area (Å²) in [5.41, 5.74) is 0.418. The number of ether oxygens (including phenoxy) is 2. The van der Waals surface area contributed by atoms with Crippen LogP contribution in [0.1, 0.15) is 25.8 Å². The third kappa shape index (κ3) is 3.96. The molecule has 0 saturated carbocycles. The standard InChI is InChI=1S/C17H28N4O3/c1-3-4-21-13-15(11-18-21)12-19-5-10-24-17(2,14-19)16(22)20-6-8-23-9-7-20/h11,13H,3-10,12,14H2,1-2H3/t17-/m0/s1. The van der Waals surface area contributed by atoms with Crippen LogP contribution in [0.15, 0.2) is 12.4 Å². The third-order valence-corrected chi connectivity index (χ3v) is 4.65. The van der Waals surface area contributed by atoms with Gasteiger partial charge in [-0.05, 0) is 13.3 Å². The Bertz CT molecular complexity index is 556. The van der Waals surface area contributed by atoms with Crippen molar-refractivity contribution in [3.05, 3.63) is 18.0 Å². The predicted octanol–water partition coefficient (Wildman–Crippen LogP) is 0.743. The van der Waals surface area contributed by atoms with Crippen LogP contribution in [0.4, 0.5) is 0 Å². The van der Waals surface area contributed by atoms with Crippen molar-refractivity contribution in [1.82, 2.24) is 19.6 Å². The van der Waals surface area contributed by atoms with Crippen LogP contribution in [-0.2, 0) is 27.4 Å². The van der Waals surface area contributed by atoms with Gasteiger partial charge in [-0.25, -0.2) is 0 Å². The molecule has 3 rings (SSSR count). The smallest absolute Gasteiger partial charge is 0.256 e. The summed E-state index contributed by atoms with van der Waals surface area (Å²) in [6.45, 7) is 10.4. The quantitative estimate of drug-likeness (QED) is 0.794. The maximum absolute atomic E-state index is 12.9. The first-order valence-electron chi connectivity index (χ1n) is 8.85. The van der Waals surface area contributed by atoms with Gasteiger partial charge in [0.15, 0.2) is 5.60 Å². The van der Waals surface area contributed by atoms with Crippen molar-refractivity contribution in [2.75, 3.05) is 46.0 Å². The highest BCUT2D eigenvalue weighted by Gasteiger charge is 2.42. The molecule has 0 unspecified atom stereocenters. The second-order valence-corrected chi connectivity index (χ2v) is 6.81. The Morgan fingerprint density at radius 1 is 1.29 bits per heavy atom. The van der Waals surface area contributed by atoms with E-state index < -0.39 is 5.60 Å². The Kier molecular flexibility index (Phi) is 5.53. The molecule has 7 nitrogen and oxygen atoms in total. The number of morpholine rings is 2. The number of aromatic nitrogens is 2.